The molecule has 1 unspecified atom stereocenters. The molecule has 0 spiro atoms. The van der Waals surface area contributed by atoms with Crippen LogP contribution in [0.2, 0.25) is 0 Å². The second kappa shape index (κ2) is 8.86. The third-order valence-electron chi connectivity index (χ3n) is 6.07. The summed E-state index contributed by atoms with van der Waals surface area (Å²) in [5.74, 6) is 0.805. The molecule has 0 saturated heterocycles. The van der Waals surface area contributed by atoms with Crippen LogP contribution in [0.1, 0.15) is 33.7 Å². The van der Waals surface area contributed by atoms with Crippen molar-refractivity contribution < 1.29 is 14.3 Å². The smallest absolute Gasteiger partial charge is 0.272 e. The summed E-state index contributed by atoms with van der Waals surface area (Å²) in [5, 5.41) is 7.51. The number of hydrogen-bond donors (Lipinski definition) is 1. The number of nitrogens with zero attached hydrogens (tertiary/aromatic N) is 3. The molecule has 0 bridgehead atoms. The third kappa shape index (κ3) is 4.37. The van der Waals surface area contributed by atoms with Gasteiger partial charge in [-0.25, -0.2) is 0 Å². The summed E-state index contributed by atoms with van der Waals surface area (Å²) in [6.07, 6.45) is 1.95. The van der Waals surface area contributed by atoms with E-state index >= 15 is 0 Å². The van der Waals surface area contributed by atoms with Gasteiger partial charge in [0.05, 0.1) is 24.8 Å². The Balaban J connectivity index is 1.18. The first kappa shape index (κ1) is 20.3. The van der Waals surface area contributed by atoms with Crippen LogP contribution in [0.3, 0.4) is 0 Å². The van der Waals surface area contributed by atoms with E-state index in [0.717, 1.165) is 35.4 Å². The van der Waals surface area contributed by atoms with Crippen LogP contribution in [0.15, 0.2) is 60.7 Å². The number of benzene rings is 2. The Morgan fingerprint density at radius 1 is 1.06 bits per heavy atom. The lowest BCUT2D eigenvalue weighted by Crippen LogP contribution is -2.42. The summed E-state index contributed by atoms with van der Waals surface area (Å²) in [7, 11) is 0. The fourth-order valence-electron chi connectivity index (χ4n) is 4.32. The van der Waals surface area contributed by atoms with Crippen LogP contribution in [0.5, 0.6) is 5.75 Å². The molecule has 5 rings (SSSR count). The van der Waals surface area contributed by atoms with Gasteiger partial charge in [-0.1, -0.05) is 48.5 Å². The number of ether oxygens (including phenoxy) is 1. The highest BCUT2D eigenvalue weighted by atomic mass is 16.5. The monoisotopic (exact) mass is 430 g/mol. The average Bonchev–Trinajstić information content (AvgIpc) is 3.27. The minimum atomic E-state index is -0.207. The molecule has 0 aliphatic carbocycles. The number of rotatable bonds is 5. The second-order valence-corrected chi connectivity index (χ2v) is 8.34. The first-order valence-corrected chi connectivity index (χ1v) is 11.1. The van der Waals surface area contributed by atoms with Crippen LogP contribution in [0.4, 0.5) is 0 Å². The second-order valence-electron chi connectivity index (χ2n) is 8.34. The van der Waals surface area contributed by atoms with Crippen molar-refractivity contribution in [3.8, 4) is 5.75 Å². The quantitative estimate of drug-likeness (QED) is 0.675. The largest absolute Gasteiger partial charge is 0.491 e. The first-order chi connectivity index (χ1) is 15.7. The van der Waals surface area contributed by atoms with Crippen molar-refractivity contribution >= 4 is 11.8 Å². The molecule has 0 saturated carbocycles. The van der Waals surface area contributed by atoms with Crippen LogP contribution >= 0.6 is 0 Å². The summed E-state index contributed by atoms with van der Waals surface area (Å²) in [6.45, 7) is 2.13. The van der Waals surface area contributed by atoms with E-state index in [1.165, 1.54) is 0 Å². The van der Waals surface area contributed by atoms with Gasteiger partial charge in [-0.2, -0.15) is 5.10 Å². The number of aryl methyl sites for hydroxylation is 1. The molecule has 0 fully saturated rings. The van der Waals surface area contributed by atoms with Gasteiger partial charge in [-0.05, 0) is 36.1 Å². The molecule has 1 aromatic heterocycles. The Kier molecular flexibility index (Phi) is 5.62. The number of carbonyl (C=O) groups is 2. The Morgan fingerprint density at radius 2 is 1.88 bits per heavy atom. The Bertz CT molecular complexity index is 1130. The van der Waals surface area contributed by atoms with Gasteiger partial charge in [-0.3, -0.25) is 14.3 Å². The van der Waals surface area contributed by atoms with Crippen LogP contribution < -0.4 is 10.1 Å². The molecular formula is C25H26N4O3. The summed E-state index contributed by atoms with van der Waals surface area (Å²) < 4.78 is 7.60. The molecule has 7 nitrogen and oxygen atoms in total. The zero-order chi connectivity index (χ0) is 21.9. The van der Waals surface area contributed by atoms with Crippen LogP contribution in [-0.2, 0) is 30.7 Å². The van der Waals surface area contributed by atoms with Crippen molar-refractivity contribution in [2.45, 2.75) is 38.4 Å². The van der Waals surface area contributed by atoms with Crippen molar-refractivity contribution in [2.75, 3.05) is 13.2 Å². The number of carbonyl (C=O) groups excluding carboxylic acids is 2. The van der Waals surface area contributed by atoms with Gasteiger partial charge in [0.1, 0.15) is 12.4 Å². The molecule has 1 atom stereocenters. The minimum Gasteiger partial charge on any atom is -0.491 e. The van der Waals surface area contributed by atoms with E-state index in [2.05, 4.69) is 10.4 Å². The predicted octanol–water partition coefficient (Wildman–Crippen LogP) is 2.59. The normalized spacial score (nSPS) is 17.1. The summed E-state index contributed by atoms with van der Waals surface area (Å²) >= 11 is 0. The lowest BCUT2D eigenvalue weighted by atomic mass is 10.0. The van der Waals surface area contributed by atoms with E-state index in [0.29, 0.717) is 38.4 Å². The standard InChI is InChI=1S/C25H26N4O3/c30-24(11-10-18-6-2-1-3-7-18)28-12-13-29-21(16-28)15-22(27-29)25(31)26-20-14-19-8-4-5-9-23(19)32-17-20/h1-9,15,20H,10-14,16-17H2,(H,26,31). The molecule has 7 heteroatoms. The molecule has 2 amide bonds. The maximum absolute atomic E-state index is 12.8. The molecule has 0 radical (unpaired) electrons. The summed E-state index contributed by atoms with van der Waals surface area (Å²) in [4.78, 5) is 27.3. The van der Waals surface area contributed by atoms with E-state index in [9.17, 15) is 9.59 Å². The summed E-state index contributed by atoms with van der Waals surface area (Å²) in [5.41, 5.74) is 3.53. The van der Waals surface area contributed by atoms with Gasteiger partial charge in [-0.15, -0.1) is 0 Å². The van der Waals surface area contributed by atoms with Crippen LogP contribution in [-0.4, -0.2) is 45.7 Å². The topological polar surface area (TPSA) is 76.5 Å². The van der Waals surface area contributed by atoms with Gasteiger partial charge in [0.15, 0.2) is 5.69 Å². The van der Waals surface area contributed by atoms with Gasteiger partial charge < -0.3 is 15.0 Å². The predicted molar refractivity (Wildman–Crippen MR) is 119 cm³/mol. The van der Waals surface area contributed by atoms with Gasteiger partial charge in [0.2, 0.25) is 5.91 Å². The fraction of sp³-hybridized carbons (Fsp3) is 0.320. The molecule has 2 aliphatic rings. The third-order valence-corrected chi connectivity index (χ3v) is 6.07. The maximum Gasteiger partial charge on any atom is 0.272 e. The molecule has 2 aliphatic heterocycles. The zero-order valence-corrected chi connectivity index (χ0v) is 17.9. The fourth-order valence-corrected chi connectivity index (χ4v) is 4.32. The number of para-hydroxylation sites is 1. The van der Waals surface area contributed by atoms with Crippen LogP contribution in [0.25, 0.3) is 0 Å². The lowest BCUT2D eigenvalue weighted by molar-refractivity contribution is -0.132. The van der Waals surface area contributed by atoms with E-state index in [1.54, 1.807) is 6.07 Å². The van der Waals surface area contributed by atoms with Gasteiger partial charge in [0, 0.05) is 13.0 Å². The van der Waals surface area contributed by atoms with Gasteiger partial charge in [0.25, 0.3) is 5.91 Å². The van der Waals surface area contributed by atoms with Crippen molar-refractivity contribution in [2.24, 2.45) is 0 Å². The molecule has 32 heavy (non-hydrogen) atoms. The van der Waals surface area contributed by atoms with E-state index < -0.39 is 0 Å². The Labute approximate surface area is 187 Å². The average molecular weight is 431 g/mol. The Morgan fingerprint density at radius 3 is 2.75 bits per heavy atom. The highest BCUT2D eigenvalue weighted by Crippen LogP contribution is 2.24. The molecular weight excluding hydrogens is 404 g/mol. The zero-order valence-electron chi connectivity index (χ0n) is 17.9. The number of aromatic nitrogens is 2. The maximum atomic E-state index is 12.8. The summed E-state index contributed by atoms with van der Waals surface area (Å²) in [6, 6.07) is 19.6. The molecule has 1 N–H and O–H groups in total. The number of hydrogen-bond acceptors (Lipinski definition) is 4. The molecule has 164 valence electrons. The van der Waals surface area contributed by atoms with Crippen molar-refractivity contribution in [1.82, 2.24) is 20.0 Å². The first-order valence-electron chi connectivity index (χ1n) is 11.1. The van der Waals surface area contributed by atoms with E-state index in [1.807, 2.05) is 64.2 Å². The number of nitrogens with one attached hydrogen (secondary N) is 1. The van der Waals surface area contributed by atoms with Crippen molar-refractivity contribution in [3.05, 3.63) is 83.2 Å². The highest BCUT2D eigenvalue weighted by Gasteiger charge is 2.26. The van der Waals surface area contributed by atoms with E-state index in [4.69, 9.17) is 4.74 Å². The van der Waals surface area contributed by atoms with Crippen molar-refractivity contribution in [3.63, 3.8) is 0 Å². The minimum absolute atomic E-state index is 0.0906. The molecule has 3 aromatic rings. The Hall–Kier alpha value is -3.61. The van der Waals surface area contributed by atoms with Crippen LogP contribution in [0, 0.1) is 0 Å². The van der Waals surface area contributed by atoms with E-state index in [-0.39, 0.29) is 17.9 Å². The SMILES string of the molecule is O=C(NC1COc2ccccc2C1)c1cc2n(n1)CCN(C(=O)CCc1ccccc1)C2. The highest BCUT2D eigenvalue weighted by molar-refractivity contribution is 5.92. The van der Waals surface area contributed by atoms with Gasteiger partial charge >= 0.3 is 0 Å². The molecule has 2 aromatic carbocycles. The number of amides is 2. The number of fused-ring (bicyclic) bond motifs is 2. The van der Waals surface area contributed by atoms with Crippen molar-refractivity contribution in [1.29, 1.82) is 0 Å². The lowest BCUT2D eigenvalue weighted by Gasteiger charge is -2.27. The molecule has 3 heterocycles.